The van der Waals surface area contributed by atoms with E-state index in [0.29, 0.717) is 5.02 Å². The molecule has 0 aliphatic carbocycles. The van der Waals surface area contributed by atoms with Gasteiger partial charge in [-0.2, -0.15) is 5.10 Å². The summed E-state index contributed by atoms with van der Waals surface area (Å²) < 4.78 is 2.08. The van der Waals surface area contributed by atoms with Crippen LogP contribution in [-0.4, -0.2) is 21.9 Å². The van der Waals surface area contributed by atoms with E-state index in [0.717, 1.165) is 27.5 Å². The first-order valence-electron chi connectivity index (χ1n) is 9.37. The second-order valence-corrected chi connectivity index (χ2v) is 8.74. The number of amides is 1. The molecule has 0 saturated heterocycles. The van der Waals surface area contributed by atoms with Gasteiger partial charge >= 0.3 is 0 Å². The predicted molar refractivity (Wildman–Crippen MR) is 122 cm³/mol. The highest BCUT2D eigenvalue weighted by atomic mass is 35.5. The van der Waals surface area contributed by atoms with Gasteiger partial charge < -0.3 is 4.57 Å². The minimum Gasteiger partial charge on any atom is -0.316 e. The third kappa shape index (κ3) is 5.11. The van der Waals surface area contributed by atoms with Crippen LogP contribution in [0.1, 0.15) is 29.4 Å². The Bertz CT molecular complexity index is 1040. The molecule has 1 aromatic heterocycles. The van der Waals surface area contributed by atoms with Gasteiger partial charge in [0.25, 0.3) is 5.91 Å². The molecule has 0 unspecified atom stereocenters. The Morgan fingerprint density at radius 1 is 1.14 bits per heavy atom. The van der Waals surface area contributed by atoms with Crippen LogP contribution < -0.4 is 5.43 Å². The van der Waals surface area contributed by atoms with Crippen molar-refractivity contribution in [1.29, 1.82) is 0 Å². The summed E-state index contributed by atoms with van der Waals surface area (Å²) in [6.45, 7) is 7.95. The quantitative estimate of drug-likeness (QED) is 0.313. The van der Waals surface area contributed by atoms with Crippen molar-refractivity contribution in [2.45, 2.75) is 37.8 Å². The fraction of sp³-hybridized carbons (Fsp3) is 0.217. The molecule has 6 heteroatoms. The fourth-order valence-corrected chi connectivity index (χ4v) is 4.13. The average Bonchev–Trinajstić information content (AvgIpc) is 2.97. The summed E-state index contributed by atoms with van der Waals surface area (Å²) >= 11 is 7.86. The number of aryl methyl sites for hydroxylation is 2. The van der Waals surface area contributed by atoms with E-state index in [1.807, 2.05) is 82.3 Å². The molecule has 0 saturated carbocycles. The first-order chi connectivity index (χ1) is 13.9. The zero-order valence-electron chi connectivity index (χ0n) is 16.9. The van der Waals surface area contributed by atoms with Crippen molar-refractivity contribution >= 4 is 35.5 Å². The number of aromatic nitrogens is 1. The van der Waals surface area contributed by atoms with Crippen molar-refractivity contribution in [3.8, 4) is 5.69 Å². The summed E-state index contributed by atoms with van der Waals surface area (Å²) in [6.07, 6.45) is 1.68. The molecular formula is C23H24ClN3OS. The normalized spacial score (nSPS) is 12.3. The highest BCUT2D eigenvalue weighted by Crippen LogP contribution is 2.26. The molecule has 1 heterocycles. The summed E-state index contributed by atoms with van der Waals surface area (Å²) in [5, 5.41) is 4.61. The predicted octanol–water partition coefficient (Wildman–Crippen LogP) is 5.69. The van der Waals surface area contributed by atoms with Crippen LogP contribution in [-0.2, 0) is 4.79 Å². The molecule has 4 nitrogen and oxygen atoms in total. The molecule has 0 aliphatic rings. The standard InChI is InChI=1S/C23H24ClN3OS/c1-15-9-11-20(12-10-15)29-18(4)23(28)26-25-14-19-13-16(2)27(17(19)3)22-8-6-5-7-21(22)24/h5-14,18H,1-4H3,(H,26,28)/b25-14-/t18-/m1/s1. The van der Waals surface area contributed by atoms with E-state index in [2.05, 4.69) is 15.1 Å². The molecule has 150 valence electrons. The number of benzene rings is 2. The highest BCUT2D eigenvalue weighted by molar-refractivity contribution is 8.00. The molecule has 0 aliphatic heterocycles. The zero-order valence-corrected chi connectivity index (χ0v) is 18.5. The van der Waals surface area contributed by atoms with Gasteiger partial charge in [0.05, 0.1) is 22.2 Å². The van der Waals surface area contributed by atoms with E-state index in [9.17, 15) is 4.79 Å². The Balaban J connectivity index is 1.67. The number of nitrogens with one attached hydrogen (secondary N) is 1. The lowest BCUT2D eigenvalue weighted by atomic mass is 10.2. The topological polar surface area (TPSA) is 46.4 Å². The van der Waals surface area contributed by atoms with Crippen LogP contribution in [0.5, 0.6) is 0 Å². The van der Waals surface area contributed by atoms with Crippen LogP contribution in [0.3, 0.4) is 0 Å². The number of hydrazone groups is 1. The minimum absolute atomic E-state index is 0.133. The van der Waals surface area contributed by atoms with Gasteiger partial charge in [-0.05, 0) is 58.0 Å². The van der Waals surface area contributed by atoms with E-state index < -0.39 is 0 Å². The largest absolute Gasteiger partial charge is 0.316 e. The molecule has 29 heavy (non-hydrogen) atoms. The molecule has 1 atom stereocenters. The van der Waals surface area contributed by atoms with Crippen LogP contribution >= 0.6 is 23.4 Å². The van der Waals surface area contributed by atoms with Gasteiger partial charge in [0.15, 0.2) is 0 Å². The van der Waals surface area contributed by atoms with Gasteiger partial charge in [0, 0.05) is 21.8 Å². The maximum atomic E-state index is 12.4. The number of thioether (sulfide) groups is 1. The number of carbonyl (C=O) groups is 1. The van der Waals surface area contributed by atoms with E-state index in [1.165, 1.54) is 17.3 Å². The maximum Gasteiger partial charge on any atom is 0.253 e. The number of para-hydroxylation sites is 1. The second-order valence-electron chi connectivity index (χ2n) is 6.92. The summed E-state index contributed by atoms with van der Waals surface area (Å²) in [4.78, 5) is 13.4. The smallest absolute Gasteiger partial charge is 0.253 e. The van der Waals surface area contributed by atoms with E-state index in [1.54, 1.807) is 6.21 Å². The van der Waals surface area contributed by atoms with E-state index in [4.69, 9.17) is 11.6 Å². The SMILES string of the molecule is Cc1ccc(S[C@H](C)C(=O)N/N=C\c2cc(C)n(-c3ccccc3Cl)c2C)cc1. The molecule has 2 aromatic carbocycles. The van der Waals surface area contributed by atoms with Crippen LogP contribution in [0.15, 0.2) is 64.6 Å². The number of carbonyl (C=O) groups excluding carboxylic acids is 1. The van der Waals surface area contributed by atoms with E-state index in [-0.39, 0.29) is 11.2 Å². The monoisotopic (exact) mass is 425 g/mol. The lowest BCUT2D eigenvalue weighted by Gasteiger charge is -2.11. The molecule has 0 radical (unpaired) electrons. The van der Waals surface area contributed by atoms with E-state index >= 15 is 0 Å². The van der Waals surface area contributed by atoms with Crippen molar-refractivity contribution < 1.29 is 4.79 Å². The Labute approximate surface area is 181 Å². The summed E-state index contributed by atoms with van der Waals surface area (Å²) in [7, 11) is 0. The third-order valence-corrected chi connectivity index (χ3v) is 6.08. The molecule has 0 bridgehead atoms. The second kappa shape index (κ2) is 9.33. The van der Waals surface area contributed by atoms with Gasteiger partial charge in [-0.15, -0.1) is 11.8 Å². The van der Waals surface area contributed by atoms with Gasteiger partial charge in [-0.25, -0.2) is 5.43 Å². The van der Waals surface area contributed by atoms with Crippen molar-refractivity contribution in [3.05, 3.63) is 82.1 Å². The Morgan fingerprint density at radius 2 is 1.83 bits per heavy atom. The van der Waals surface area contributed by atoms with Crippen molar-refractivity contribution in [2.75, 3.05) is 0 Å². The lowest BCUT2D eigenvalue weighted by molar-refractivity contribution is -0.120. The maximum absolute atomic E-state index is 12.4. The van der Waals surface area contributed by atoms with Crippen LogP contribution in [0.25, 0.3) is 5.69 Å². The Kier molecular flexibility index (Phi) is 6.83. The van der Waals surface area contributed by atoms with Gasteiger partial charge in [-0.1, -0.05) is 41.4 Å². The number of hydrogen-bond donors (Lipinski definition) is 1. The first kappa shape index (κ1) is 21.2. The number of rotatable bonds is 6. The van der Waals surface area contributed by atoms with Crippen LogP contribution in [0, 0.1) is 20.8 Å². The fourth-order valence-electron chi connectivity index (χ4n) is 3.05. The molecule has 0 fully saturated rings. The molecule has 0 spiro atoms. The average molecular weight is 426 g/mol. The molecule has 3 aromatic rings. The van der Waals surface area contributed by atoms with Gasteiger partial charge in [0.1, 0.15) is 0 Å². The Morgan fingerprint density at radius 3 is 2.52 bits per heavy atom. The van der Waals surface area contributed by atoms with Crippen molar-refractivity contribution in [3.63, 3.8) is 0 Å². The number of nitrogens with zero attached hydrogens (tertiary/aromatic N) is 2. The van der Waals surface area contributed by atoms with Crippen LogP contribution in [0.2, 0.25) is 5.02 Å². The number of hydrogen-bond acceptors (Lipinski definition) is 3. The van der Waals surface area contributed by atoms with Crippen LogP contribution in [0.4, 0.5) is 0 Å². The third-order valence-electron chi connectivity index (χ3n) is 4.65. The zero-order chi connectivity index (χ0) is 21.0. The lowest BCUT2D eigenvalue weighted by Crippen LogP contribution is -2.26. The minimum atomic E-state index is -0.245. The highest BCUT2D eigenvalue weighted by Gasteiger charge is 2.14. The van der Waals surface area contributed by atoms with Crippen molar-refractivity contribution in [1.82, 2.24) is 9.99 Å². The molecule has 1 N–H and O–H groups in total. The first-order valence-corrected chi connectivity index (χ1v) is 10.6. The molecule has 3 rings (SSSR count). The summed E-state index contributed by atoms with van der Waals surface area (Å²) in [5.41, 5.74) is 7.76. The van der Waals surface area contributed by atoms with Crippen molar-refractivity contribution in [2.24, 2.45) is 5.10 Å². The van der Waals surface area contributed by atoms with Gasteiger partial charge in [-0.3, -0.25) is 4.79 Å². The Hall–Kier alpha value is -2.50. The molecular weight excluding hydrogens is 402 g/mol. The van der Waals surface area contributed by atoms with Gasteiger partial charge in [0.2, 0.25) is 0 Å². The number of halogens is 1. The summed E-state index contributed by atoms with van der Waals surface area (Å²) in [6, 6.07) is 17.9. The summed E-state index contributed by atoms with van der Waals surface area (Å²) in [5.74, 6) is -0.133. The molecule has 1 amide bonds.